The predicted molar refractivity (Wildman–Crippen MR) is 47.9 cm³/mol. The minimum atomic E-state index is 1.10. The molecule has 1 aromatic heterocycles. The average molecular weight is 164 g/mol. The summed E-state index contributed by atoms with van der Waals surface area (Å²) in [6, 6.07) is 6.27. The minimum Gasteiger partial charge on any atom is -0.278 e. The highest BCUT2D eigenvalue weighted by molar-refractivity contribution is 7.98. The summed E-state index contributed by atoms with van der Waals surface area (Å²) >= 11 is 1.75. The van der Waals surface area contributed by atoms with Gasteiger partial charge in [-0.15, -0.1) is 11.8 Å². The maximum Gasteiger partial charge on any atom is 0.0651 e. The van der Waals surface area contributed by atoms with Crippen molar-refractivity contribution in [3.05, 3.63) is 24.4 Å². The van der Waals surface area contributed by atoms with Gasteiger partial charge in [-0.25, -0.2) is 0 Å². The SMILES string of the molecule is CSc1ccc2[nH]ncc2c1. The second-order valence-electron chi connectivity index (χ2n) is 2.32. The van der Waals surface area contributed by atoms with Crippen molar-refractivity contribution in [2.45, 2.75) is 4.90 Å². The van der Waals surface area contributed by atoms with Gasteiger partial charge in [0.1, 0.15) is 0 Å². The molecule has 1 aromatic carbocycles. The lowest BCUT2D eigenvalue weighted by atomic mass is 10.3. The van der Waals surface area contributed by atoms with Gasteiger partial charge in [0.15, 0.2) is 0 Å². The Kier molecular flexibility index (Phi) is 1.58. The number of hydrogen-bond donors (Lipinski definition) is 1. The molecule has 0 spiro atoms. The van der Waals surface area contributed by atoms with Crippen molar-refractivity contribution in [3.8, 4) is 0 Å². The fourth-order valence-corrected chi connectivity index (χ4v) is 1.50. The van der Waals surface area contributed by atoms with Crippen molar-refractivity contribution >= 4 is 22.7 Å². The summed E-state index contributed by atoms with van der Waals surface area (Å²) in [5.74, 6) is 0. The summed E-state index contributed by atoms with van der Waals surface area (Å²) in [5, 5.41) is 8.03. The van der Waals surface area contributed by atoms with Gasteiger partial charge in [0.25, 0.3) is 0 Å². The molecule has 11 heavy (non-hydrogen) atoms. The zero-order chi connectivity index (χ0) is 7.68. The minimum absolute atomic E-state index is 1.10. The number of aromatic nitrogens is 2. The smallest absolute Gasteiger partial charge is 0.0651 e. The number of nitrogens with zero attached hydrogens (tertiary/aromatic N) is 1. The molecule has 2 nitrogen and oxygen atoms in total. The van der Waals surface area contributed by atoms with Gasteiger partial charge in [-0.05, 0) is 24.5 Å². The van der Waals surface area contributed by atoms with E-state index in [1.807, 2.05) is 12.3 Å². The Morgan fingerprint density at radius 2 is 2.36 bits per heavy atom. The highest BCUT2D eigenvalue weighted by Gasteiger charge is 1.95. The molecule has 56 valence electrons. The predicted octanol–water partition coefficient (Wildman–Crippen LogP) is 2.28. The van der Waals surface area contributed by atoms with Crippen LogP contribution in [0.2, 0.25) is 0 Å². The molecular formula is C8H8N2S. The first-order chi connectivity index (χ1) is 5.40. The van der Waals surface area contributed by atoms with E-state index in [9.17, 15) is 0 Å². The van der Waals surface area contributed by atoms with E-state index in [1.54, 1.807) is 11.8 Å². The molecule has 0 fully saturated rings. The Bertz CT molecular complexity index is 367. The summed E-state index contributed by atoms with van der Waals surface area (Å²) in [6.45, 7) is 0. The maximum absolute atomic E-state index is 3.94. The van der Waals surface area contributed by atoms with Crippen molar-refractivity contribution in [3.63, 3.8) is 0 Å². The van der Waals surface area contributed by atoms with Gasteiger partial charge in [-0.3, -0.25) is 5.10 Å². The van der Waals surface area contributed by atoms with E-state index in [0.29, 0.717) is 0 Å². The quantitative estimate of drug-likeness (QED) is 0.655. The fourth-order valence-electron chi connectivity index (χ4n) is 1.05. The number of rotatable bonds is 1. The van der Waals surface area contributed by atoms with E-state index in [2.05, 4.69) is 28.6 Å². The molecule has 0 bridgehead atoms. The van der Waals surface area contributed by atoms with E-state index in [-0.39, 0.29) is 0 Å². The molecular weight excluding hydrogens is 156 g/mol. The lowest BCUT2D eigenvalue weighted by Crippen LogP contribution is -1.69. The van der Waals surface area contributed by atoms with Gasteiger partial charge in [-0.1, -0.05) is 0 Å². The maximum atomic E-state index is 3.94. The first-order valence-corrected chi connectivity index (χ1v) is 4.60. The van der Waals surface area contributed by atoms with Crippen LogP contribution in [0.1, 0.15) is 0 Å². The molecule has 3 heteroatoms. The largest absolute Gasteiger partial charge is 0.278 e. The molecule has 0 aliphatic carbocycles. The van der Waals surface area contributed by atoms with Gasteiger partial charge in [0.2, 0.25) is 0 Å². The molecule has 1 N–H and O–H groups in total. The van der Waals surface area contributed by atoms with Gasteiger partial charge in [0.05, 0.1) is 11.7 Å². The van der Waals surface area contributed by atoms with Crippen LogP contribution in [0.25, 0.3) is 10.9 Å². The number of fused-ring (bicyclic) bond motifs is 1. The van der Waals surface area contributed by atoms with Crippen molar-refractivity contribution < 1.29 is 0 Å². The third-order valence-electron chi connectivity index (χ3n) is 1.65. The summed E-state index contributed by atoms with van der Waals surface area (Å²) in [5.41, 5.74) is 1.10. The van der Waals surface area contributed by atoms with Crippen LogP contribution in [0.4, 0.5) is 0 Å². The molecule has 0 saturated carbocycles. The first kappa shape index (κ1) is 6.73. The molecule has 0 aliphatic rings. The summed E-state index contributed by atoms with van der Waals surface area (Å²) in [7, 11) is 0. The molecule has 2 rings (SSSR count). The molecule has 0 aliphatic heterocycles. The zero-order valence-electron chi connectivity index (χ0n) is 6.16. The normalized spacial score (nSPS) is 10.6. The number of hydrogen-bond acceptors (Lipinski definition) is 2. The second-order valence-corrected chi connectivity index (χ2v) is 3.20. The van der Waals surface area contributed by atoms with Gasteiger partial charge in [0, 0.05) is 10.3 Å². The van der Waals surface area contributed by atoms with Crippen LogP contribution < -0.4 is 0 Å². The molecule has 0 radical (unpaired) electrons. The van der Waals surface area contributed by atoms with Crippen LogP contribution in [0.3, 0.4) is 0 Å². The Morgan fingerprint density at radius 3 is 3.18 bits per heavy atom. The Balaban J connectivity index is 2.67. The van der Waals surface area contributed by atoms with Crippen molar-refractivity contribution in [2.75, 3.05) is 6.26 Å². The lowest BCUT2D eigenvalue weighted by molar-refractivity contribution is 1.12. The number of aromatic amines is 1. The Labute approximate surface area is 69.0 Å². The van der Waals surface area contributed by atoms with Gasteiger partial charge < -0.3 is 0 Å². The number of nitrogens with one attached hydrogen (secondary N) is 1. The van der Waals surface area contributed by atoms with Crippen LogP contribution >= 0.6 is 11.8 Å². The third-order valence-corrected chi connectivity index (χ3v) is 2.37. The number of benzene rings is 1. The standard InChI is InChI=1S/C8H8N2S/c1-11-7-2-3-8-6(4-7)5-9-10-8/h2-5H,1H3,(H,9,10). The van der Waals surface area contributed by atoms with Crippen LogP contribution in [-0.2, 0) is 0 Å². The Hall–Kier alpha value is -0.960. The van der Waals surface area contributed by atoms with Crippen molar-refractivity contribution in [2.24, 2.45) is 0 Å². The molecule has 0 atom stereocenters. The van der Waals surface area contributed by atoms with E-state index in [0.717, 1.165) is 5.52 Å². The van der Waals surface area contributed by atoms with Gasteiger partial charge in [-0.2, -0.15) is 5.10 Å². The second kappa shape index (κ2) is 2.58. The van der Waals surface area contributed by atoms with Crippen LogP contribution in [0, 0.1) is 0 Å². The monoisotopic (exact) mass is 164 g/mol. The third kappa shape index (κ3) is 1.12. The van der Waals surface area contributed by atoms with Gasteiger partial charge >= 0.3 is 0 Å². The van der Waals surface area contributed by atoms with E-state index < -0.39 is 0 Å². The molecule has 0 unspecified atom stereocenters. The molecule has 2 aromatic rings. The van der Waals surface area contributed by atoms with Crippen molar-refractivity contribution in [1.29, 1.82) is 0 Å². The first-order valence-electron chi connectivity index (χ1n) is 3.37. The van der Waals surface area contributed by atoms with Crippen molar-refractivity contribution in [1.82, 2.24) is 10.2 Å². The highest BCUT2D eigenvalue weighted by Crippen LogP contribution is 2.19. The Morgan fingerprint density at radius 1 is 1.45 bits per heavy atom. The van der Waals surface area contributed by atoms with Crippen LogP contribution in [0.5, 0.6) is 0 Å². The van der Waals surface area contributed by atoms with E-state index in [1.165, 1.54) is 10.3 Å². The van der Waals surface area contributed by atoms with E-state index >= 15 is 0 Å². The topological polar surface area (TPSA) is 28.7 Å². The summed E-state index contributed by atoms with van der Waals surface area (Å²) in [4.78, 5) is 1.28. The molecule has 1 heterocycles. The number of H-pyrrole nitrogens is 1. The fraction of sp³-hybridized carbons (Fsp3) is 0.125. The van der Waals surface area contributed by atoms with Crippen LogP contribution in [0.15, 0.2) is 29.3 Å². The molecule has 0 amide bonds. The highest BCUT2D eigenvalue weighted by atomic mass is 32.2. The van der Waals surface area contributed by atoms with Crippen LogP contribution in [-0.4, -0.2) is 16.5 Å². The average Bonchev–Trinajstić information content (AvgIpc) is 2.50. The lowest BCUT2D eigenvalue weighted by Gasteiger charge is -1.93. The number of thioether (sulfide) groups is 1. The zero-order valence-corrected chi connectivity index (χ0v) is 6.98. The summed E-state index contributed by atoms with van der Waals surface area (Å²) < 4.78 is 0. The van der Waals surface area contributed by atoms with E-state index in [4.69, 9.17) is 0 Å². The summed E-state index contributed by atoms with van der Waals surface area (Å²) in [6.07, 6.45) is 3.91. The molecule has 0 saturated heterocycles.